The lowest BCUT2D eigenvalue weighted by molar-refractivity contribution is -0.0126. The van der Waals surface area contributed by atoms with Gasteiger partial charge in [-0.05, 0) is 25.0 Å². The summed E-state index contributed by atoms with van der Waals surface area (Å²) in [5, 5.41) is 0. The molecule has 17 heavy (non-hydrogen) atoms. The molecule has 0 radical (unpaired) electrons. The number of ether oxygens (including phenoxy) is 1. The standard InChI is InChI=1S/C13H17NO3/c1-16-12-9-5-4-8-11(12)13(15)14-17-10-6-2-3-7-10/h4-5,8-10H,2-3,6-7H2,1H3,(H,14,15). The number of carbonyl (C=O) groups is 1. The molecule has 0 unspecified atom stereocenters. The molecule has 1 saturated carbocycles. The van der Waals surface area contributed by atoms with E-state index in [-0.39, 0.29) is 12.0 Å². The molecule has 0 bridgehead atoms. The van der Waals surface area contributed by atoms with E-state index in [1.54, 1.807) is 25.3 Å². The second kappa shape index (κ2) is 5.68. The molecule has 1 fully saturated rings. The normalized spacial score (nSPS) is 15.8. The Morgan fingerprint density at radius 3 is 2.71 bits per heavy atom. The number of para-hydroxylation sites is 1. The van der Waals surface area contributed by atoms with Crippen molar-refractivity contribution in [2.75, 3.05) is 7.11 Å². The average molecular weight is 235 g/mol. The summed E-state index contributed by atoms with van der Waals surface area (Å²) < 4.78 is 5.12. The van der Waals surface area contributed by atoms with Crippen molar-refractivity contribution >= 4 is 5.91 Å². The van der Waals surface area contributed by atoms with Gasteiger partial charge < -0.3 is 4.74 Å². The number of nitrogens with one attached hydrogen (secondary N) is 1. The van der Waals surface area contributed by atoms with E-state index in [0.29, 0.717) is 11.3 Å². The Kier molecular flexibility index (Phi) is 3.98. The first-order valence-corrected chi connectivity index (χ1v) is 5.90. The third-order valence-corrected chi connectivity index (χ3v) is 2.97. The van der Waals surface area contributed by atoms with E-state index in [1.807, 2.05) is 6.07 Å². The maximum Gasteiger partial charge on any atom is 0.278 e. The molecule has 1 aliphatic rings. The summed E-state index contributed by atoms with van der Waals surface area (Å²) in [5.41, 5.74) is 2.99. The second-order valence-electron chi connectivity index (χ2n) is 4.16. The minimum atomic E-state index is -0.255. The predicted octanol–water partition coefficient (Wildman–Crippen LogP) is 2.30. The van der Waals surface area contributed by atoms with Crippen LogP contribution in [0.4, 0.5) is 0 Å². The summed E-state index contributed by atoms with van der Waals surface area (Å²) in [6.07, 6.45) is 4.55. The van der Waals surface area contributed by atoms with Gasteiger partial charge in [-0.25, -0.2) is 5.48 Å². The fourth-order valence-corrected chi connectivity index (χ4v) is 2.03. The van der Waals surface area contributed by atoms with Crippen molar-refractivity contribution in [3.63, 3.8) is 0 Å². The van der Waals surface area contributed by atoms with Gasteiger partial charge in [0.05, 0.1) is 18.8 Å². The second-order valence-corrected chi connectivity index (χ2v) is 4.16. The zero-order chi connectivity index (χ0) is 12.1. The molecule has 0 aliphatic heterocycles. The lowest BCUT2D eigenvalue weighted by Crippen LogP contribution is -2.28. The quantitative estimate of drug-likeness (QED) is 0.814. The van der Waals surface area contributed by atoms with Crippen molar-refractivity contribution in [3.05, 3.63) is 29.8 Å². The molecule has 0 atom stereocenters. The number of hydrogen-bond acceptors (Lipinski definition) is 3. The number of rotatable bonds is 4. The van der Waals surface area contributed by atoms with Gasteiger partial charge in [-0.3, -0.25) is 9.63 Å². The Hall–Kier alpha value is -1.55. The van der Waals surface area contributed by atoms with Crippen LogP contribution in [0.15, 0.2) is 24.3 Å². The Morgan fingerprint density at radius 2 is 2.00 bits per heavy atom. The summed E-state index contributed by atoms with van der Waals surface area (Å²) >= 11 is 0. The van der Waals surface area contributed by atoms with E-state index in [4.69, 9.17) is 9.57 Å². The summed E-state index contributed by atoms with van der Waals surface area (Å²) in [5.74, 6) is 0.300. The van der Waals surface area contributed by atoms with Gasteiger partial charge in [0.15, 0.2) is 0 Å². The summed E-state index contributed by atoms with van der Waals surface area (Å²) in [6, 6.07) is 7.09. The highest BCUT2D eigenvalue weighted by atomic mass is 16.7. The van der Waals surface area contributed by atoms with Crippen LogP contribution >= 0.6 is 0 Å². The smallest absolute Gasteiger partial charge is 0.278 e. The third-order valence-electron chi connectivity index (χ3n) is 2.97. The highest BCUT2D eigenvalue weighted by Gasteiger charge is 2.18. The van der Waals surface area contributed by atoms with Crippen LogP contribution in [0.3, 0.4) is 0 Å². The number of methoxy groups -OCH3 is 1. The van der Waals surface area contributed by atoms with Gasteiger partial charge in [0.25, 0.3) is 5.91 Å². The zero-order valence-corrected chi connectivity index (χ0v) is 9.94. The highest BCUT2D eigenvalue weighted by Crippen LogP contribution is 2.21. The summed E-state index contributed by atoms with van der Waals surface area (Å²) in [6.45, 7) is 0. The molecular weight excluding hydrogens is 218 g/mol. The molecule has 4 heteroatoms. The van der Waals surface area contributed by atoms with Crippen LogP contribution in [0.25, 0.3) is 0 Å². The van der Waals surface area contributed by atoms with Crippen LogP contribution in [-0.2, 0) is 4.84 Å². The molecular formula is C13H17NO3. The van der Waals surface area contributed by atoms with Crippen molar-refractivity contribution < 1.29 is 14.4 Å². The van der Waals surface area contributed by atoms with Crippen LogP contribution in [0.1, 0.15) is 36.0 Å². The fourth-order valence-electron chi connectivity index (χ4n) is 2.03. The van der Waals surface area contributed by atoms with Gasteiger partial charge in [-0.15, -0.1) is 0 Å². The predicted molar refractivity (Wildman–Crippen MR) is 63.8 cm³/mol. The first-order chi connectivity index (χ1) is 8.31. The molecule has 1 aromatic rings. The van der Waals surface area contributed by atoms with Gasteiger partial charge >= 0.3 is 0 Å². The third kappa shape index (κ3) is 2.97. The molecule has 4 nitrogen and oxygen atoms in total. The Morgan fingerprint density at radius 1 is 1.29 bits per heavy atom. The summed E-state index contributed by atoms with van der Waals surface area (Å²) in [4.78, 5) is 17.2. The maximum atomic E-state index is 11.9. The number of benzene rings is 1. The fraction of sp³-hybridized carbons (Fsp3) is 0.462. The monoisotopic (exact) mass is 235 g/mol. The van der Waals surface area contributed by atoms with Crippen LogP contribution in [0.5, 0.6) is 5.75 Å². The van der Waals surface area contributed by atoms with Crippen molar-refractivity contribution in [2.45, 2.75) is 31.8 Å². The van der Waals surface area contributed by atoms with Crippen molar-refractivity contribution in [1.82, 2.24) is 5.48 Å². The Bertz CT molecular complexity index is 386. The number of amides is 1. The highest BCUT2D eigenvalue weighted by molar-refractivity contribution is 5.96. The summed E-state index contributed by atoms with van der Waals surface area (Å²) in [7, 11) is 1.55. The number of hydrogen-bond donors (Lipinski definition) is 1. The van der Waals surface area contributed by atoms with Gasteiger partial charge in [0, 0.05) is 0 Å². The van der Waals surface area contributed by atoms with Gasteiger partial charge in [-0.1, -0.05) is 25.0 Å². The van der Waals surface area contributed by atoms with E-state index < -0.39 is 0 Å². The van der Waals surface area contributed by atoms with Crippen molar-refractivity contribution in [3.8, 4) is 5.75 Å². The molecule has 1 aromatic carbocycles. The largest absolute Gasteiger partial charge is 0.496 e. The van der Waals surface area contributed by atoms with E-state index in [9.17, 15) is 4.79 Å². The van der Waals surface area contributed by atoms with Gasteiger partial charge in [0.2, 0.25) is 0 Å². The topological polar surface area (TPSA) is 47.6 Å². The van der Waals surface area contributed by atoms with E-state index in [0.717, 1.165) is 12.8 Å². The molecule has 92 valence electrons. The van der Waals surface area contributed by atoms with Crippen molar-refractivity contribution in [1.29, 1.82) is 0 Å². The van der Waals surface area contributed by atoms with E-state index in [1.165, 1.54) is 12.8 Å². The Labute approximate surface area is 101 Å². The molecule has 2 rings (SSSR count). The molecule has 0 heterocycles. The SMILES string of the molecule is COc1ccccc1C(=O)NOC1CCCC1. The first-order valence-electron chi connectivity index (χ1n) is 5.90. The average Bonchev–Trinajstić information content (AvgIpc) is 2.89. The number of carbonyl (C=O) groups excluding carboxylic acids is 1. The van der Waals surface area contributed by atoms with Crippen LogP contribution in [0.2, 0.25) is 0 Å². The van der Waals surface area contributed by atoms with Crippen molar-refractivity contribution in [2.24, 2.45) is 0 Å². The lowest BCUT2D eigenvalue weighted by atomic mass is 10.2. The zero-order valence-electron chi connectivity index (χ0n) is 9.94. The molecule has 1 aliphatic carbocycles. The molecule has 0 saturated heterocycles. The molecule has 0 aromatic heterocycles. The van der Waals surface area contributed by atoms with E-state index >= 15 is 0 Å². The molecule has 1 N–H and O–H groups in total. The number of hydroxylamine groups is 1. The molecule has 1 amide bonds. The van der Waals surface area contributed by atoms with Crippen LogP contribution in [-0.4, -0.2) is 19.1 Å². The van der Waals surface area contributed by atoms with Crippen LogP contribution < -0.4 is 10.2 Å². The van der Waals surface area contributed by atoms with Gasteiger partial charge in [-0.2, -0.15) is 0 Å². The minimum Gasteiger partial charge on any atom is -0.496 e. The Balaban J connectivity index is 1.94. The minimum absolute atomic E-state index is 0.161. The maximum absolute atomic E-state index is 11.9. The van der Waals surface area contributed by atoms with E-state index in [2.05, 4.69) is 5.48 Å². The lowest BCUT2D eigenvalue weighted by Gasteiger charge is -2.12. The van der Waals surface area contributed by atoms with Crippen LogP contribution in [0, 0.1) is 0 Å². The molecule has 0 spiro atoms. The first kappa shape index (κ1) is 11.9. The van der Waals surface area contributed by atoms with Gasteiger partial charge in [0.1, 0.15) is 5.75 Å².